The third kappa shape index (κ3) is 7.97. The van der Waals surface area contributed by atoms with Crippen LogP contribution < -0.4 is 0 Å². The second kappa shape index (κ2) is 15.0. The number of aromatic nitrogens is 2. The van der Waals surface area contributed by atoms with Gasteiger partial charge in [-0.15, -0.1) is 53.6 Å². The van der Waals surface area contributed by atoms with Gasteiger partial charge in [0.15, 0.2) is 0 Å². The molecule has 0 bridgehead atoms. The summed E-state index contributed by atoms with van der Waals surface area (Å²) in [7, 11) is 0. The van der Waals surface area contributed by atoms with E-state index >= 15 is 0 Å². The summed E-state index contributed by atoms with van der Waals surface area (Å²) < 4.78 is 63.2. The summed E-state index contributed by atoms with van der Waals surface area (Å²) >= 11 is 0. The standard InChI is InChI=1S/C36H34NO.C16H18N.Ir/c1-22-20-37-32(16-29(22)25-18-35(2,3)21-36(4,5)19-25)28-12-8-11-27-31-15-24-14-13-23-9-6-7-10-26(23)30(24)17-33(31)38-34(27)28;1-12-5-7-13(8-6-12)15-10-9-14(11-17-15)16(2,3)4;/h6-11,13-17,20,25H,18-19,21H2,1-5H3;5-7,9-11H,1-4H3;/q2*-1;/i1D3,25D;1D3;. The van der Waals surface area contributed by atoms with E-state index in [9.17, 15) is 1.37 Å². The predicted molar refractivity (Wildman–Crippen MR) is 232 cm³/mol. The molecular formula is C52H52IrN2O-2. The van der Waals surface area contributed by atoms with Gasteiger partial charge in [0.1, 0.15) is 5.58 Å². The maximum absolute atomic E-state index is 9.74. The molecule has 1 fully saturated rings. The Morgan fingerprint density at radius 2 is 1.52 bits per heavy atom. The average Bonchev–Trinajstić information content (AvgIpc) is 3.55. The molecule has 4 heteroatoms. The Bertz CT molecular complexity index is 2890. The van der Waals surface area contributed by atoms with Crippen molar-refractivity contribution in [1.29, 1.82) is 0 Å². The van der Waals surface area contributed by atoms with Gasteiger partial charge < -0.3 is 14.4 Å². The van der Waals surface area contributed by atoms with Crippen LogP contribution in [-0.2, 0) is 25.5 Å². The summed E-state index contributed by atoms with van der Waals surface area (Å²) in [6.45, 7) is 10.7. The SMILES string of the molecule is [2H]C([2H])([2H])c1c[c-]c(-c2ccc(C(C)(C)C)cn2)cc1.[2H]C([2H])([2H])c1cnc(-c2[c-]ccc3c2oc2cc4c(ccc5ccccc54)cc23)cc1C1([2H])CC(C)(C)CC(C)(C)C1.[Ir]. The second-order valence-corrected chi connectivity index (χ2v) is 17.8. The first-order valence-electron chi connectivity index (χ1n) is 22.6. The molecule has 3 heterocycles. The molecule has 0 atom stereocenters. The third-order valence-electron chi connectivity index (χ3n) is 10.9. The van der Waals surface area contributed by atoms with Crippen LogP contribution in [0.2, 0.25) is 0 Å². The van der Waals surface area contributed by atoms with Gasteiger partial charge in [-0.3, -0.25) is 0 Å². The monoisotopic (exact) mass is 920 g/mol. The minimum atomic E-state index is -2.38. The molecule has 9 rings (SSSR count). The molecule has 3 nitrogen and oxygen atoms in total. The van der Waals surface area contributed by atoms with E-state index in [2.05, 4.69) is 113 Å². The molecule has 8 aromatic rings. The van der Waals surface area contributed by atoms with Crippen LogP contribution in [0, 0.1) is 36.7 Å². The van der Waals surface area contributed by atoms with Crippen LogP contribution in [0.3, 0.4) is 0 Å². The first-order chi connectivity index (χ1) is 28.9. The number of nitrogens with zero attached hydrogens (tertiary/aromatic N) is 2. The van der Waals surface area contributed by atoms with E-state index in [-0.39, 0.29) is 41.9 Å². The molecule has 0 aliphatic heterocycles. The van der Waals surface area contributed by atoms with E-state index in [0.717, 1.165) is 44.8 Å². The molecule has 0 unspecified atom stereocenters. The molecule has 0 spiro atoms. The Balaban J connectivity index is 0.000000239. The Hall–Kier alpha value is -4.63. The molecule has 1 aliphatic carbocycles. The van der Waals surface area contributed by atoms with Crippen LogP contribution in [-0.4, -0.2) is 9.97 Å². The quantitative estimate of drug-likeness (QED) is 0.131. The summed E-state index contributed by atoms with van der Waals surface area (Å²) in [5, 5.41) is 6.59. The summed E-state index contributed by atoms with van der Waals surface area (Å²) in [6, 6.07) is 37.8. The Morgan fingerprint density at radius 1 is 0.750 bits per heavy atom. The van der Waals surface area contributed by atoms with Gasteiger partial charge in [-0.05, 0) is 110 Å². The minimum absolute atomic E-state index is 0. The molecular weight excluding hydrogens is 861 g/mol. The maximum Gasteiger partial charge on any atom is 0.121 e. The zero-order valence-corrected chi connectivity index (χ0v) is 35.5. The summed E-state index contributed by atoms with van der Waals surface area (Å²) in [4.78, 5) is 9.09. The maximum atomic E-state index is 9.74. The van der Waals surface area contributed by atoms with E-state index in [1.807, 2.05) is 42.6 Å². The molecule has 1 radical (unpaired) electrons. The van der Waals surface area contributed by atoms with Gasteiger partial charge in [0.05, 0.1) is 5.58 Å². The zero-order chi connectivity index (χ0) is 44.6. The number of hydrogen-bond acceptors (Lipinski definition) is 3. The molecule has 56 heavy (non-hydrogen) atoms. The van der Waals surface area contributed by atoms with Crippen molar-refractivity contribution in [2.75, 3.05) is 0 Å². The van der Waals surface area contributed by atoms with Crippen molar-refractivity contribution in [1.82, 2.24) is 9.97 Å². The van der Waals surface area contributed by atoms with E-state index in [1.54, 1.807) is 12.1 Å². The van der Waals surface area contributed by atoms with Crippen molar-refractivity contribution in [3.8, 4) is 22.5 Å². The average molecular weight is 920 g/mol. The second-order valence-electron chi connectivity index (χ2n) is 17.8. The minimum Gasteiger partial charge on any atom is -0.501 e. The van der Waals surface area contributed by atoms with Crippen LogP contribution in [0.5, 0.6) is 0 Å². The largest absolute Gasteiger partial charge is 0.501 e. The van der Waals surface area contributed by atoms with Gasteiger partial charge >= 0.3 is 0 Å². The molecule has 0 N–H and O–H groups in total. The van der Waals surface area contributed by atoms with Crippen molar-refractivity contribution in [3.05, 3.63) is 144 Å². The fourth-order valence-corrected chi connectivity index (χ4v) is 8.73. The number of furan rings is 1. The third-order valence-corrected chi connectivity index (χ3v) is 10.9. The van der Waals surface area contributed by atoms with E-state index < -0.39 is 19.6 Å². The smallest absolute Gasteiger partial charge is 0.121 e. The zero-order valence-electron chi connectivity index (χ0n) is 40.1. The number of fused-ring (bicyclic) bond motifs is 6. The Labute approximate surface area is 356 Å². The van der Waals surface area contributed by atoms with Crippen LogP contribution in [0.4, 0.5) is 0 Å². The van der Waals surface area contributed by atoms with Crippen LogP contribution in [0.25, 0.3) is 66.0 Å². The van der Waals surface area contributed by atoms with Crippen molar-refractivity contribution in [3.63, 3.8) is 0 Å². The van der Waals surface area contributed by atoms with Gasteiger partial charge in [-0.25, -0.2) is 0 Å². The molecule has 1 saturated carbocycles. The summed E-state index contributed by atoms with van der Waals surface area (Å²) in [6.07, 6.45) is 5.46. The van der Waals surface area contributed by atoms with Gasteiger partial charge in [0.25, 0.3) is 0 Å². The first-order valence-corrected chi connectivity index (χ1v) is 19.1. The van der Waals surface area contributed by atoms with E-state index in [4.69, 9.17) is 12.6 Å². The van der Waals surface area contributed by atoms with Gasteiger partial charge in [0, 0.05) is 47.5 Å². The van der Waals surface area contributed by atoms with Crippen molar-refractivity contribution in [2.24, 2.45) is 10.8 Å². The normalized spacial score (nSPS) is 18.3. The van der Waals surface area contributed by atoms with E-state index in [0.29, 0.717) is 40.8 Å². The molecule has 287 valence electrons. The van der Waals surface area contributed by atoms with Crippen LogP contribution >= 0.6 is 0 Å². The Morgan fingerprint density at radius 3 is 2.21 bits per heavy atom. The molecule has 1 aliphatic rings. The van der Waals surface area contributed by atoms with Gasteiger partial charge in [0.2, 0.25) is 0 Å². The fraction of sp³-hybridized carbons (Fsp3) is 0.308. The predicted octanol–water partition coefficient (Wildman–Crippen LogP) is 14.5. The molecule has 3 aromatic heterocycles. The summed E-state index contributed by atoms with van der Waals surface area (Å²) in [5.41, 5.74) is 6.32. The number of benzene rings is 5. The van der Waals surface area contributed by atoms with Crippen molar-refractivity contribution >= 4 is 43.5 Å². The number of rotatable bonds is 3. The van der Waals surface area contributed by atoms with Crippen molar-refractivity contribution in [2.45, 2.75) is 92.7 Å². The fourth-order valence-electron chi connectivity index (χ4n) is 8.73. The number of hydrogen-bond donors (Lipinski definition) is 0. The van der Waals surface area contributed by atoms with Gasteiger partial charge in [-0.2, -0.15) is 0 Å². The first kappa shape index (κ1) is 31.5. The number of aryl methyl sites for hydroxylation is 2. The topological polar surface area (TPSA) is 38.9 Å². The molecule has 0 saturated heterocycles. The number of pyridine rings is 2. The van der Waals surface area contributed by atoms with Crippen molar-refractivity contribution < 1.29 is 34.1 Å². The van der Waals surface area contributed by atoms with E-state index in [1.165, 1.54) is 28.6 Å². The summed E-state index contributed by atoms with van der Waals surface area (Å²) in [5.74, 6) is -1.06. The van der Waals surface area contributed by atoms with Gasteiger partial charge in [-0.1, -0.05) is 121 Å². The van der Waals surface area contributed by atoms with Crippen LogP contribution in [0.15, 0.2) is 114 Å². The molecule has 5 aromatic carbocycles. The Kier molecular flexibility index (Phi) is 8.44. The van der Waals surface area contributed by atoms with Crippen LogP contribution in [0.1, 0.15) is 105 Å². The molecule has 0 amide bonds.